The van der Waals surface area contributed by atoms with Crippen molar-refractivity contribution in [1.82, 2.24) is 5.32 Å². The summed E-state index contributed by atoms with van der Waals surface area (Å²) in [5.41, 5.74) is -0.647. The lowest BCUT2D eigenvalue weighted by Crippen LogP contribution is -2.56. The number of hydrogen-bond donors (Lipinski definition) is 2. The van der Waals surface area contributed by atoms with E-state index in [0.29, 0.717) is 25.8 Å². The van der Waals surface area contributed by atoms with Crippen LogP contribution in [0.25, 0.3) is 0 Å². The van der Waals surface area contributed by atoms with E-state index in [1.165, 1.54) is 38.5 Å². The summed E-state index contributed by atoms with van der Waals surface area (Å²) in [6, 6.07) is 0.513. The zero-order chi connectivity index (χ0) is 11.4. The number of carboxylic acids is 1. The van der Waals surface area contributed by atoms with E-state index in [-0.39, 0.29) is 0 Å². The molecule has 2 rings (SSSR count). The summed E-state index contributed by atoms with van der Waals surface area (Å²) in [7, 11) is 0. The highest BCUT2D eigenvalue weighted by Gasteiger charge is 2.46. The van der Waals surface area contributed by atoms with Crippen molar-refractivity contribution in [2.45, 2.75) is 44.6 Å². The van der Waals surface area contributed by atoms with E-state index in [9.17, 15) is 4.79 Å². The van der Waals surface area contributed by atoms with Crippen LogP contribution < -0.4 is 5.32 Å². The van der Waals surface area contributed by atoms with E-state index in [1.54, 1.807) is 0 Å². The smallest absolute Gasteiger partial charge is 0.315 e. The van der Waals surface area contributed by atoms with Gasteiger partial charge in [-0.1, -0.05) is 25.7 Å². The molecule has 2 N–H and O–H groups in total. The number of rotatable bonds is 4. The van der Waals surface area contributed by atoms with E-state index in [4.69, 9.17) is 9.84 Å². The van der Waals surface area contributed by atoms with Gasteiger partial charge in [-0.3, -0.25) is 4.79 Å². The van der Waals surface area contributed by atoms with Gasteiger partial charge >= 0.3 is 5.97 Å². The first-order valence-electron chi connectivity index (χ1n) is 6.27. The highest BCUT2D eigenvalue weighted by atomic mass is 16.5. The maximum Gasteiger partial charge on any atom is 0.315 e. The molecular weight excluding hydrogens is 206 g/mol. The van der Waals surface area contributed by atoms with E-state index >= 15 is 0 Å². The van der Waals surface area contributed by atoms with Gasteiger partial charge in [-0.25, -0.2) is 0 Å². The summed E-state index contributed by atoms with van der Waals surface area (Å²) in [6.07, 6.45) is 7.58. The number of hydrogen-bond acceptors (Lipinski definition) is 3. The predicted octanol–water partition coefficient (Wildman–Crippen LogP) is 1.40. The SMILES string of the molecule is O=C(O)C1(CNC2CCCCCC2)COC1. The van der Waals surface area contributed by atoms with Crippen LogP contribution >= 0.6 is 0 Å². The quantitative estimate of drug-likeness (QED) is 0.713. The Bertz CT molecular complexity index is 243. The maximum absolute atomic E-state index is 11.1. The third-order valence-electron chi connectivity index (χ3n) is 3.79. The summed E-state index contributed by atoms with van der Waals surface area (Å²) in [5.74, 6) is -0.722. The lowest BCUT2D eigenvalue weighted by Gasteiger charge is -2.38. The zero-order valence-corrected chi connectivity index (χ0v) is 9.71. The molecule has 2 aliphatic rings. The van der Waals surface area contributed by atoms with Gasteiger partial charge in [0.25, 0.3) is 0 Å². The number of carbonyl (C=O) groups is 1. The third kappa shape index (κ3) is 2.55. The fourth-order valence-electron chi connectivity index (χ4n) is 2.47. The lowest BCUT2D eigenvalue weighted by molar-refractivity contribution is -0.178. The molecule has 4 heteroatoms. The second-order valence-electron chi connectivity index (χ2n) is 5.15. The molecule has 4 nitrogen and oxygen atoms in total. The van der Waals surface area contributed by atoms with Gasteiger partial charge in [-0.15, -0.1) is 0 Å². The second kappa shape index (κ2) is 5.15. The van der Waals surface area contributed by atoms with Crippen LogP contribution in [0.15, 0.2) is 0 Å². The Hall–Kier alpha value is -0.610. The second-order valence-corrected chi connectivity index (χ2v) is 5.15. The average Bonchev–Trinajstić information content (AvgIpc) is 2.44. The predicted molar refractivity (Wildman–Crippen MR) is 60.4 cm³/mol. The average molecular weight is 227 g/mol. The fraction of sp³-hybridized carbons (Fsp3) is 0.917. The first-order chi connectivity index (χ1) is 7.73. The van der Waals surface area contributed by atoms with Crippen molar-refractivity contribution in [2.75, 3.05) is 19.8 Å². The van der Waals surface area contributed by atoms with Crippen LogP contribution in [-0.2, 0) is 9.53 Å². The Labute approximate surface area is 96.4 Å². The van der Waals surface area contributed by atoms with Gasteiger partial charge in [0.2, 0.25) is 0 Å². The molecule has 1 saturated carbocycles. The van der Waals surface area contributed by atoms with Crippen molar-refractivity contribution in [2.24, 2.45) is 5.41 Å². The number of aliphatic carboxylic acids is 1. The molecule has 0 radical (unpaired) electrons. The topological polar surface area (TPSA) is 58.6 Å². The summed E-state index contributed by atoms with van der Waals surface area (Å²) in [5, 5.41) is 12.6. The van der Waals surface area contributed by atoms with Gasteiger partial charge in [-0.2, -0.15) is 0 Å². The fourth-order valence-corrected chi connectivity index (χ4v) is 2.47. The monoisotopic (exact) mass is 227 g/mol. The molecule has 0 bridgehead atoms. The molecule has 0 spiro atoms. The normalized spacial score (nSPS) is 25.8. The van der Waals surface area contributed by atoms with Gasteiger partial charge in [-0.05, 0) is 12.8 Å². The Morgan fingerprint density at radius 1 is 1.25 bits per heavy atom. The molecule has 0 unspecified atom stereocenters. The highest BCUT2D eigenvalue weighted by Crippen LogP contribution is 2.27. The highest BCUT2D eigenvalue weighted by molar-refractivity contribution is 5.76. The first kappa shape index (κ1) is 11.9. The van der Waals surface area contributed by atoms with Gasteiger partial charge in [0.1, 0.15) is 5.41 Å². The van der Waals surface area contributed by atoms with Crippen molar-refractivity contribution < 1.29 is 14.6 Å². The van der Waals surface area contributed by atoms with E-state index in [0.717, 1.165) is 0 Å². The van der Waals surface area contributed by atoms with Crippen molar-refractivity contribution in [3.63, 3.8) is 0 Å². The molecule has 2 fully saturated rings. The van der Waals surface area contributed by atoms with Crippen molar-refractivity contribution in [1.29, 1.82) is 0 Å². The van der Waals surface area contributed by atoms with Gasteiger partial charge in [0.15, 0.2) is 0 Å². The third-order valence-corrected chi connectivity index (χ3v) is 3.79. The lowest BCUT2D eigenvalue weighted by atomic mass is 9.85. The maximum atomic E-state index is 11.1. The van der Waals surface area contributed by atoms with E-state index < -0.39 is 11.4 Å². The Morgan fingerprint density at radius 2 is 1.88 bits per heavy atom. The van der Waals surface area contributed by atoms with E-state index in [1.807, 2.05) is 0 Å². The number of nitrogens with one attached hydrogen (secondary N) is 1. The van der Waals surface area contributed by atoms with Crippen LogP contribution in [0.2, 0.25) is 0 Å². The van der Waals surface area contributed by atoms with Crippen LogP contribution in [0.1, 0.15) is 38.5 Å². The molecule has 1 aliphatic heterocycles. The number of carboxylic acid groups (broad SMARTS) is 1. The van der Waals surface area contributed by atoms with Crippen LogP contribution in [0.5, 0.6) is 0 Å². The summed E-state index contributed by atoms with van der Waals surface area (Å²) in [6.45, 7) is 1.29. The summed E-state index contributed by atoms with van der Waals surface area (Å²) in [4.78, 5) is 11.1. The standard InChI is InChI=1S/C12H21NO3/c14-11(15)12(8-16-9-12)7-13-10-5-3-1-2-4-6-10/h10,13H,1-9H2,(H,14,15). The van der Waals surface area contributed by atoms with Crippen LogP contribution in [0.4, 0.5) is 0 Å². The molecule has 0 atom stereocenters. The van der Waals surface area contributed by atoms with Crippen LogP contribution in [0.3, 0.4) is 0 Å². The molecule has 92 valence electrons. The van der Waals surface area contributed by atoms with Crippen LogP contribution in [0, 0.1) is 5.41 Å². The van der Waals surface area contributed by atoms with Crippen molar-refractivity contribution in [3.8, 4) is 0 Å². The van der Waals surface area contributed by atoms with E-state index in [2.05, 4.69) is 5.32 Å². The summed E-state index contributed by atoms with van der Waals surface area (Å²) < 4.78 is 5.04. The Balaban J connectivity index is 1.78. The largest absolute Gasteiger partial charge is 0.481 e. The Kier molecular flexibility index (Phi) is 3.82. The molecule has 1 saturated heterocycles. The molecule has 16 heavy (non-hydrogen) atoms. The first-order valence-corrected chi connectivity index (χ1v) is 6.27. The zero-order valence-electron chi connectivity index (χ0n) is 9.71. The van der Waals surface area contributed by atoms with Crippen molar-refractivity contribution in [3.05, 3.63) is 0 Å². The molecule has 0 amide bonds. The minimum atomic E-state index is -0.722. The molecule has 0 aromatic carbocycles. The van der Waals surface area contributed by atoms with Crippen molar-refractivity contribution >= 4 is 5.97 Å². The summed E-state index contributed by atoms with van der Waals surface area (Å²) >= 11 is 0. The van der Waals surface area contributed by atoms with Gasteiger partial charge < -0.3 is 15.2 Å². The molecule has 0 aromatic heterocycles. The van der Waals surface area contributed by atoms with Crippen LogP contribution in [-0.4, -0.2) is 36.9 Å². The molecule has 0 aromatic rings. The Morgan fingerprint density at radius 3 is 2.31 bits per heavy atom. The molecule has 1 aliphatic carbocycles. The van der Waals surface area contributed by atoms with Gasteiger partial charge in [0, 0.05) is 12.6 Å². The minimum Gasteiger partial charge on any atom is -0.481 e. The minimum absolute atomic E-state index is 0.363. The number of ether oxygens (including phenoxy) is 1. The molecule has 1 heterocycles. The molecular formula is C12H21NO3. The van der Waals surface area contributed by atoms with Gasteiger partial charge in [0.05, 0.1) is 13.2 Å².